The van der Waals surface area contributed by atoms with Crippen molar-refractivity contribution in [3.63, 3.8) is 0 Å². The number of rotatable bonds is 1. The Morgan fingerprint density at radius 1 is 1.47 bits per heavy atom. The fraction of sp³-hybridized carbons (Fsp3) is 0.444. The number of hydrogen-bond acceptors (Lipinski definition) is 3. The lowest BCUT2D eigenvalue weighted by atomic mass is 10.3. The molecule has 0 atom stereocenters. The molecule has 2 heterocycles. The molecule has 1 aliphatic heterocycles. The molecule has 1 amide bonds. The number of thiophene rings is 1. The van der Waals surface area contributed by atoms with Gasteiger partial charge in [0.05, 0.1) is 8.45 Å². The fourth-order valence-corrected chi connectivity index (χ4v) is 3.82. The van der Waals surface area contributed by atoms with E-state index in [0.717, 1.165) is 8.45 Å². The second-order valence-electron chi connectivity index (χ2n) is 3.28. The first-order valence-electron chi connectivity index (χ1n) is 4.55. The molecule has 0 unspecified atom stereocenters. The summed E-state index contributed by atoms with van der Waals surface area (Å²) in [5, 5.41) is 1.88. The summed E-state index contributed by atoms with van der Waals surface area (Å²) < 4.78 is 12.3. The van der Waals surface area contributed by atoms with E-state index in [1.165, 1.54) is 0 Å². The van der Waals surface area contributed by atoms with Gasteiger partial charge in [0.2, 0.25) is 0 Å². The molecule has 0 N–H and O–H groups in total. The number of carbonyl (C=O) groups excluding carboxylic acids is 1. The van der Waals surface area contributed by atoms with Crippen LogP contribution in [0.4, 0.5) is 0 Å². The highest BCUT2D eigenvalue weighted by Crippen LogP contribution is 2.18. The van der Waals surface area contributed by atoms with Gasteiger partial charge >= 0.3 is 0 Å². The summed E-state index contributed by atoms with van der Waals surface area (Å²) in [5.74, 6) is 1.31. The van der Waals surface area contributed by atoms with E-state index in [-0.39, 0.29) is 5.91 Å². The molecule has 1 aromatic heterocycles. The molecule has 1 aromatic rings. The molecule has 6 heteroatoms. The van der Waals surface area contributed by atoms with Gasteiger partial charge in [-0.2, -0.15) is 0 Å². The monoisotopic (exact) mass is 355 g/mol. The van der Waals surface area contributed by atoms with E-state index in [9.17, 15) is 9.00 Å². The van der Waals surface area contributed by atoms with Crippen LogP contribution < -0.4 is 0 Å². The molecular formula is C9H10INO2S2. The van der Waals surface area contributed by atoms with Crippen molar-refractivity contribution in [2.75, 3.05) is 24.6 Å². The lowest BCUT2D eigenvalue weighted by Crippen LogP contribution is -2.41. The standard InChI is InChI=1S/C9H10INO2S2/c10-8-5-7(6-14-8)9(12)11-1-3-15(13)4-2-11/h5-6H,1-4H2. The van der Waals surface area contributed by atoms with E-state index >= 15 is 0 Å². The molecule has 3 nitrogen and oxygen atoms in total. The molecule has 0 aromatic carbocycles. The summed E-state index contributed by atoms with van der Waals surface area (Å²) in [6.45, 7) is 1.25. The lowest BCUT2D eigenvalue weighted by Gasteiger charge is -2.25. The van der Waals surface area contributed by atoms with Gasteiger partial charge < -0.3 is 4.90 Å². The highest BCUT2D eigenvalue weighted by molar-refractivity contribution is 14.1. The summed E-state index contributed by atoms with van der Waals surface area (Å²) >= 11 is 3.78. The maximum Gasteiger partial charge on any atom is 0.254 e. The summed E-state index contributed by atoms with van der Waals surface area (Å²) in [7, 11) is -0.721. The van der Waals surface area contributed by atoms with Gasteiger partial charge in [-0.3, -0.25) is 9.00 Å². The smallest absolute Gasteiger partial charge is 0.254 e. The third kappa shape index (κ3) is 2.79. The molecule has 0 spiro atoms. The third-order valence-electron chi connectivity index (χ3n) is 2.28. The van der Waals surface area contributed by atoms with Gasteiger partial charge in [0.1, 0.15) is 0 Å². The van der Waals surface area contributed by atoms with Gasteiger partial charge in [-0.05, 0) is 28.7 Å². The van der Waals surface area contributed by atoms with Crippen LogP contribution in [-0.4, -0.2) is 39.6 Å². The molecule has 0 bridgehead atoms. The highest BCUT2D eigenvalue weighted by Gasteiger charge is 2.21. The SMILES string of the molecule is O=C(c1csc(I)c1)N1CCS(=O)CC1. The zero-order valence-electron chi connectivity index (χ0n) is 7.94. The Morgan fingerprint density at radius 2 is 2.13 bits per heavy atom. The zero-order valence-corrected chi connectivity index (χ0v) is 11.7. The quantitative estimate of drug-likeness (QED) is 0.717. The van der Waals surface area contributed by atoms with Gasteiger partial charge in [-0.25, -0.2) is 0 Å². The zero-order chi connectivity index (χ0) is 10.8. The normalized spacial score (nSPS) is 18.1. The number of amides is 1. The van der Waals surface area contributed by atoms with Crippen LogP contribution in [0, 0.1) is 2.88 Å². The Bertz CT molecular complexity index is 395. The van der Waals surface area contributed by atoms with E-state index in [0.29, 0.717) is 24.6 Å². The van der Waals surface area contributed by atoms with Crippen molar-refractivity contribution in [2.24, 2.45) is 0 Å². The number of halogens is 1. The van der Waals surface area contributed by atoms with Gasteiger partial charge in [0.25, 0.3) is 5.91 Å². The topological polar surface area (TPSA) is 37.4 Å². The first kappa shape index (κ1) is 11.5. The van der Waals surface area contributed by atoms with Gasteiger partial charge in [0, 0.05) is 40.8 Å². The Hall–Kier alpha value is 0.0500. The van der Waals surface area contributed by atoms with Gasteiger partial charge in [0.15, 0.2) is 0 Å². The molecule has 2 rings (SSSR count). The molecule has 0 radical (unpaired) electrons. The average molecular weight is 355 g/mol. The second-order valence-corrected chi connectivity index (χ2v) is 7.78. The Kier molecular flexibility index (Phi) is 3.78. The van der Waals surface area contributed by atoms with Crippen LogP contribution in [0.5, 0.6) is 0 Å². The number of hydrogen-bond donors (Lipinski definition) is 0. The molecule has 15 heavy (non-hydrogen) atoms. The molecule has 0 aliphatic carbocycles. The van der Waals surface area contributed by atoms with Crippen molar-refractivity contribution in [2.45, 2.75) is 0 Å². The van der Waals surface area contributed by atoms with Crippen LogP contribution in [-0.2, 0) is 10.8 Å². The van der Waals surface area contributed by atoms with Crippen molar-refractivity contribution in [3.8, 4) is 0 Å². The number of nitrogens with zero attached hydrogens (tertiary/aromatic N) is 1. The van der Waals surface area contributed by atoms with Crippen molar-refractivity contribution in [1.29, 1.82) is 0 Å². The predicted molar refractivity (Wildman–Crippen MR) is 70.8 cm³/mol. The Balaban J connectivity index is 2.05. The van der Waals surface area contributed by atoms with E-state index < -0.39 is 10.8 Å². The summed E-state index contributed by atoms with van der Waals surface area (Å²) in [5.41, 5.74) is 0.761. The van der Waals surface area contributed by atoms with E-state index in [1.54, 1.807) is 16.2 Å². The average Bonchev–Trinajstić information content (AvgIpc) is 2.65. The molecule has 1 aliphatic rings. The van der Waals surface area contributed by atoms with E-state index in [2.05, 4.69) is 22.6 Å². The minimum Gasteiger partial charge on any atom is -0.337 e. The molecule has 0 saturated carbocycles. The summed E-state index contributed by atoms with van der Waals surface area (Å²) in [6, 6.07) is 1.90. The minimum atomic E-state index is -0.721. The lowest BCUT2D eigenvalue weighted by molar-refractivity contribution is 0.0772. The first-order valence-corrected chi connectivity index (χ1v) is 8.00. The molecule has 1 saturated heterocycles. The van der Waals surface area contributed by atoms with E-state index in [4.69, 9.17) is 0 Å². The van der Waals surface area contributed by atoms with Crippen molar-refractivity contribution >= 4 is 50.6 Å². The largest absolute Gasteiger partial charge is 0.337 e. The minimum absolute atomic E-state index is 0.0749. The fourth-order valence-electron chi connectivity index (χ4n) is 1.45. The van der Waals surface area contributed by atoms with Crippen LogP contribution in [0.2, 0.25) is 0 Å². The highest BCUT2D eigenvalue weighted by atomic mass is 127. The van der Waals surface area contributed by atoms with Crippen LogP contribution >= 0.6 is 33.9 Å². The van der Waals surface area contributed by atoms with Crippen molar-refractivity contribution in [1.82, 2.24) is 4.90 Å². The number of carbonyl (C=O) groups is 1. The molecule has 1 fully saturated rings. The summed E-state index contributed by atoms with van der Waals surface area (Å²) in [6.07, 6.45) is 0. The Morgan fingerprint density at radius 3 is 2.67 bits per heavy atom. The van der Waals surface area contributed by atoms with Crippen LogP contribution in [0.15, 0.2) is 11.4 Å². The van der Waals surface area contributed by atoms with Crippen LogP contribution in [0.1, 0.15) is 10.4 Å². The maximum atomic E-state index is 12.0. The second kappa shape index (κ2) is 4.92. The van der Waals surface area contributed by atoms with Crippen molar-refractivity contribution in [3.05, 3.63) is 19.9 Å². The van der Waals surface area contributed by atoms with Crippen LogP contribution in [0.25, 0.3) is 0 Å². The Labute approximate surface area is 108 Å². The van der Waals surface area contributed by atoms with Crippen molar-refractivity contribution < 1.29 is 9.00 Å². The first-order chi connectivity index (χ1) is 7.16. The molecule has 82 valence electrons. The van der Waals surface area contributed by atoms with Gasteiger partial charge in [-0.1, -0.05) is 0 Å². The van der Waals surface area contributed by atoms with Crippen LogP contribution in [0.3, 0.4) is 0 Å². The predicted octanol–water partition coefficient (Wildman–Crippen LogP) is 1.56. The summed E-state index contributed by atoms with van der Waals surface area (Å²) in [4.78, 5) is 13.7. The maximum absolute atomic E-state index is 12.0. The molecular weight excluding hydrogens is 345 g/mol. The van der Waals surface area contributed by atoms with Gasteiger partial charge in [-0.15, -0.1) is 11.3 Å². The third-order valence-corrected chi connectivity index (χ3v) is 5.34. The van der Waals surface area contributed by atoms with E-state index in [1.807, 2.05) is 11.4 Å².